The van der Waals surface area contributed by atoms with E-state index in [9.17, 15) is 0 Å². The van der Waals surface area contributed by atoms with Crippen LogP contribution in [0, 0.1) is 0 Å². The first-order valence-electron chi connectivity index (χ1n) is 47.5. The summed E-state index contributed by atoms with van der Waals surface area (Å²) in [4.78, 5) is 7.15. The van der Waals surface area contributed by atoms with E-state index in [1.54, 1.807) is 0 Å². The van der Waals surface area contributed by atoms with Gasteiger partial charge in [0.15, 0.2) is 0 Å². The number of fused-ring (bicyclic) bond motifs is 22. The smallest absolute Gasteiger partial charge is 0.140 e. The van der Waals surface area contributed by atoms with E-state index in [2.05, 4.69) is 511 Å². The van der Waals surface area contributed by atoms with E-state index < -0.39 is 0 Å². The lowest BCUT2D eigenvalue weighted by Crippen LogP contribution is -2.17. The number of nitrogens with zero attached hydrogens (tertiary/aromatic N) is 3. The van der Waals surface area contributed by atoms with Crippen LogP contribution in [0.1, 0.15) is 74.9 Å². The minimum atomic E-state index is -0.242. The number of furan rings is 2. The molecule has 0 N–H and O–H groups in total. The molecule has 652 valence electrons. The molecular weight excluding hydrogens is 1680 g/mol. The Labute approximate surface area is 802 Å². The summed E-state index contributed by atoms with van der Waals surface area (Å²) in [6, 6.07) is 169. The molecule has 0 atom stereocenters. The van der Waals surface area contributed by atoms with Crippen molar-refractivity contribution in [3.05, 3.63) is 500 Å². The Morgan fingerprint density at radius 1 is 0.197 bits per heavy atom. The van der Waals surface area contributed by atoms with E-state index in [-0.39, 0.29) is 16.2 Å². The Kier molecular flexibility index (Phi) is 19.8. The standard InChI is InChI=1S/C45H33NO.C43H31NO.C43H31NS/c1-45(2)41-29-36(25-26-37(41)39-27-28-40-38-15-9-10-16-42(38)47-44(40)43(39)45)46(34-21-17-32(18-22-34)30-11-5-3-6-12-30)35-23-19-33(20-24-35)31-13-7-4-8-14-31;1-43(2)39-27-34(22-23-35(39)37-24-25-38-36-14-8-9-15-40(36)45-42(38)41(37)43)44(32-12-4-3-5-13-32)33-20-18-29(19-21-33)31-17-16-28-10-6-7-11-30(28)26-31;1-43(2)38-17-9-8-15-34(38)36-26-37-35-16-10-18-40(42(35)45-41(37)27-39(36)43)44(32-13-4-3-5-14-32)33-23-21-29(22-24-33)31-20-19-28-11-6-7-12-30(28)25-31/h3-29H,1-2H3;2*3-27H,1-2H3. The monoisotopic (exact) mass is 1770 g/mol. The Balaban J connectivity index is 0.000000109. The predicted molar refractivity (Wildman–Crippen MR) is 580 cm³/mol. The molecule has 6 heteroatoms. The van der Waals surface area contributed by atoms with Crippen LogP contribution in [0.2, 0.25) is 0 Å². The molecule has 137 heavy (non-hydrogen) atoms. The van der Waals surface area contributed by atoms with E-state index in [0.717, 1.165) is 67.8 Å². The summed E-state index contributed by atoms with van der Waals surface area (Å²) < 4.78 is 15.8. The zero-order valence-corrected chi connectivity index (χ0v) is 77.8. The summed E-state index contributed by atoms with van der Waals surface area (Å²) in [6.07, 6.45) is 0. The summed E-state index contributed by atoms with van der Waals surface area (Å²) in [7, 11) is 0. The van der Waals surface area contributed by atoms with Gasteiger partial charge >= 0.3 is 0 Å². The van der Waals surface area contributed by atoms with Gasteiger partial charge in [-0.2, -0.15) is 0 Å². The van der Waals surface area contributed by atoms with Gasteiger partial charge in [-0.3, -0.25) is 0 Å². The van der Waals surface area contributed by atoms with Crippen LogP contribution in [0.25, 0.3) is 163 Å². The van der Waals surface area contributed by atoms with E-state index >= 15 is 0 Å². The zero-order valence-electron chi connectivity index (χ0n) is 77.0. The molecule has 3 aromatic heterocycles. The fourth-order valence-corrected chi connectivity index (χ4v) is 23.5. The van der Waals surface area contributed by atoms with Gasteiger partial charge in [-0.15, -0.1) is 11.3 Å². The molecule has 0 bridgehead atoms. The second kappa shape index (κ2) is 32.9. The third kappa shape index (κ3) is 14.0. The third-order valence-electron chi connectivity index (χ3n) is 29.1. The van der Waals surface area contributed by atoms with Crippen LogP contribution < -0.4 is 14.7 Å². The second-order valence-electron chi connectivity index (χ2n) is 38.2. The third-order valence-corrected chi connectivity index (χ3v) is 30.3. The molecule has 0 saturated heterocycles. The van der Waals surface area contributed by atoms with Gasteiger partial charge in [0.25, 0.3) is 0 Å². The molecule has 0 radical (unpaired) electrons. The zero-order chi connectivity index (χ0) is 91.8. The van der Waals surface area contributed by atoms with Crippen molar-refractivity contribution < 1.29 is 8.83 Å². The highest BCUT2D eigenvalue weighted by atomic mass is 32.1. The largest absolute Gasteiger partial charge is 0.456 e. The van der Waals surface area contributed by atoms with Crippen molar-refractivity contribution in [3.63, 3.8) is 0 Å². The van der Waals surface area contributed by atoms with Crippen molar-refractivity contribution in [3.8, 4) is 77.9 Å². The molecule has 0 saturated carbocycles. The van der Waals surface area contributed by atoms with Gasteiger partial charge in [0.2, 0.25) is 0 Å². The highest BCUT2D eigenvalue weighted by molar-refractivity contribution is 7.26. The molecule has 21 aromatic carbocycles. The normalized spacial score (nSPS) is 13.2. The summed E-state index contributed by atoms with van der Waals surface area (Å²) in [5, 5.41) is 12.4. The number of para-hydroxylation sites is 4. The van der Waals surface area contributed by atoms with Crippen LogP contribution in [0.4, 0.5) is 51.2 Å². The van der Waals surface area contributed by atoms with E-state index in [1.807, 2.05) is 23.5 Å². The topological polar surface area (TPSA) is 36.0 Å². The predicted octanol–water partition coefficient (Wildman–Crippen LogP) is 37.5. The summed E-state index contributed by atoms with van der Waals surface area (Å²) >= 11 is 1.91. The van der Waals surface area contributed by atoms with E-state index in [0.29, 0.717) is 0 Å². The van der Waals surface area contributed by atoms with Crippen LogP contribution >= 0.6 is 11.3 Å². The van der Waals surface area contributed by atoms with E-state index in [1.165, 1.54) is 180 Å². The number of hydrogen-bond donors (Lipinski definition) is 0. The minimum Gasteiger partial charge on any atom is -0.456 e. The van der Waals surface area contributed by atoms with Crippen LogP contribution in [0.15, 0.2) is 476 Å². The molecule has 27 rings (SSSR count). The first-order valence-corrected chi connectivity index (χ1v) is 48.3. The minimum absolute atomic E-state index is 0.0119. The number of thiophene rings is 1. The highest BCUT2D eigenvalue weighted by Crippen LogP contribution is 2.59. The van der Waals surface area contributed by atoms with Gasteiger partial charge in [0.1, 0.15) is 22.3 Å². The van der Waals surface area contributed by atoms with Crippen LogP contribution in [0.3, 0.4) is 0 Å². The van der Waals surface area contributed by atoms with Crippen molar-refractivity contribution in [2.24, 2.45) is 0 Å². The van der Waals surface area contributed by atoms with Gasteiger partial charge in [-0.25, -0.2) is 0 Å². The molecule has 3 aliphatic carbocycles. The van der Waals surface area contributed by atoms with Crippen LogP contribution in [-0.4, -0.2) is 0 Å². The van der Waals surface area contributed by atoms with Crippen molar-refractivity contribution >= 4 is 148 Å². The average molecular weight is 1780 g/mol. The van der Waals surface area contributed by atoms with Gasteiger partial charge in [0.05, 0.1) is 10.4 Å². The Morgan fingerprint density at radius 2 is 0.540 bits per heavy atom. The van der Waals surface area contributed by atoms with Crippen molar-refractivity contribution in [2.45, 2.75) is 57.8 Å². The molecule has 3 aliphatic rings. The van der Waals surface area contributed by atoms with Gasteiger partial charge in [-0.1, -0.05) is 357 Å². The summed E-state index contributed by atoms with van der Waals surface area (Å²) in [5.74, 6) is 0. The summed E-state index contributed by atoms with van der Waals surface area (Å²) in [5.41, 5.74) is 39.2. The second-order valence-corrected chi connectivity index (χ2v) is 39.2. The fraction of sp³-hybridized carbons (Fsp3) is 0.0687. The van der Waals surface area contributed by atoms with Gasteiger partial charge in [-0.05, 0) is 273 Å². The van der Waals surface area contributed by atoms with Gasteiger partial charge in [0, 0.05) is 110 Å². The summed E-state index contributed by atoms with van der Waals surface area (Å²) in [6.45, 7) is 14.1. The lowest BCUT2D eigenvalue weighted by atomic mass is 9.81. The molecule has 0 spiro atoms. The molecule has 5 nitrogen and oxygen atoms in total. The maximum atomic E-state index is 6.56. The number of benzene rings is 21. The molecule has 3 heterocycles. The first kappa shape index (κ1) is 82.3. The average Bonchev–Trinajstić information content (AvgIpc) is 1.55. The lowest BCUT2D eigenvalue weighted by molar-refractivity contribution is 0.619. The Hall–Kier alpha value is -16.6. The maximum absolute atomic E-state index is 6.56. The first-order chi connectivity index (χ1) is 67.2. The van der Waals surface area contributed by atoms with Crippen LogP contribution in [0.5, 0.6) is 0 Å². The molecular formula is C131H95N3O2S. The molecule has 0 fully saturated rings. The van der Waals surface area contributed by atoms with E-state index in [4.69, 9.17) is 8.83 Å². The molecule has 0 unspecified atom stereocenters. The molecule has 24 aromatic rings. The quantitative estimate of drug-likeness (QED) is 0.115. The van der Waals surface area contributed by atoms with Crippen molar-refractivity contribution in [2.75, 3.05) is 14.7 Å². The van der Waals surface area contributed by atoms with Gasteiger partial charge < -0.3 is 23.5 Å². The maximum Gasteiger partial charge on any atom is 0.140 e. The Bertz CT molecular complexity index is 8750. The SMILES string of the molecule is CC1(C)c2cc(N(c3ccc(-c4ccccc4)cc3)c3ccc(-c4ccccc4)cc3)ccc2-c2ccc3c(oc4ccccc43)c21.CC1(C)c2cc(N(c3ccccc3)c3ccc(-c4ccc5ccccc5c4)cc3)ccc2-c2ccc3c(oc4ccccc43)c21.CC1(C)c2ccccc2-c2cc3c(cc21)sc1c(N(c2ccccc2)c2ccc(-c4ccc5ccccc5c4)cc2)cccc13. The molecule has 0 amide bonds. The van der Waals surface area contributed by atoms with Crippen molar-refractivity contribution in [1.82, 2.24) is 0 Å². The lowest BCUT2D eigenvalue weighted by Gasteiger charge is -2.28. The number of rotatable bonds is 13. The highest BCUT2D eigenvalue weighted by Gasteiger charge is 2.42. The fourth-order valence-electron chi connectivity index (χ4n) is 22.2. The van der Waals surface area contributed by atoms with Crippen LogP contribution in [-0.2, 0) is 16.2 Å². The molecule has 0 aliphatic heterocycles. The number of hydrogen-bond acceptors (Lipinski definition) is 6. The number of anilines is 9. The van der Waals surface area contributed by atoms with Crippen molar-refractivity contribution in [1.29, 1.82) is 0 Å². The Morgan fingerprint density at radius 3 is 1.01 bits per heavy atom.